The van der Waals surface area contributed by atoms with Crippen LogP contribution in [0.2, 0.25) is 0 Å². The lowest BCUT2D eigenvalue weighted by Gasteiger charge is -2.56. The zero-order valence-electron chi connectivity index (χ0n) is 17.1. The molecule has 26 heavy (non-hydrogen) atoms. The van der Waals surface area contributed by atoms with Crippen LogP contribution in [0.5, 0.6) is 0 Å². The molecular weight excluding hydrogens is 316 g/mol. The molecule has 6 rings (SSSR count). The van der Waals surface area contributed by atoms with Gasteiger partial charge >= 0.3 is 0 Å². The number of fused-ring (bicyclic) bond motifs is 2. The lowest BCUT2D eigenvalue weighted by atomic mass is 9.53. The van der Waals surface area contributed by atoms with Gasteiger partial charge in [-0.2, -0.15) is 0 Å². The summed E-state index contributed by atoms with van der Waals surface area (Å²) in [4.78, 5) is 2.90. The highest BCUT2D eigenvalue weighted by molar-refractivity contribution is 5.01. The molecule has 2 heteroatoms. The molecule has 2 spiro atoms. The van der Waals surface area contributed by atoms with E-state index in [4.69, 9.17) is 0 Å². The van der Waals surface area contributed by atoms with Crippen LogP contribution in [0.25, 0.3) is 0 Å². The van der Waals surface area contributed by atoms with Crippen LogP contribution in [-0.4, -0.2) is 36.1 Å². The maximum absolute atomic E-state index is 4.18. The summed E-state index contributed by atoms with van der Waals surface area (Å²) < 4.78 is 0. The monoisotopic (exact) mass is 358 g/mol. The molecular formula is C24H42N2. The third kappa shape index (κ3) is 3.50. The van der Waals surface area contributed by atoms with Crippen molar-refractivity contribution in [1.82, 2.24) is 10.2 Å². The lowest BCUT2D eigenvalue weighted by Crippen LogP contribution is -2.56. The minimum Gasteiger partial charge on any atom is -0.308 e. The molecule has 148 valence electrons. The number of nitrogens with zero attached hydrogens (tertiary/aromatic N) is 1. The Morgan fingerprint density at radius 2 is 1.62 bits per heavy atom. The van der Waals surface area contributed by atoms with Crippen molar-refractivity contribution in [2.24, 2.45) is 17.3 Å². The zero-order valence-corrected chi connectivity index (χ0v) is 17.1. The highest BCUT2D eigenvalue weighted by atomic mass is 15.1. The molecule has 2 bridgehead atoms. The Labute approximate surface area is 161 Å². The van der Waals surface area contributed by atoms with Crippen molar-refractivity contribution in [3.8, 4) is 0 Å². The van der Waals surface area contributed by atoms with Gasteiger partial charge in [0.25, 0.3) is 0 Å². The van der Waals surface area contributed by atoms with Gasteiger partial charge in [0, 0.05) is 18.1 Å². The Bertz CT molecular complexity index is 469. The Morgan fingerprint density at radius 3 is 2.38 bits per heavy atom. The summed E-state index contributed by atoms with van der Waals surface area (Å²) >= 11 is 0. The smallest absolute Gasteiger partial charge is 0.0184 e. The molecule has 4 saturated carbocycles. The van der Waals surface area contributed by atoms with Gasteiger partial charge in [-0.15, -0.1) is 0 Å². The van der Waals surface area contributed by atoms with E-state index in [0.717, 1.165) is 23.3 Å². The predicted molar refractivity (Wildman–Crippen MR) is 109 cm³/mol. The molecule has 0 radical (unpaired) electrons. The number of likely N-dealkylation sites (tertiary alicyclic amines) is 1. The van der Waals surface area contributed by atoms with Crippen LogP contribution in [0.4, 0.5) is 0 Å². The topological polar surface area (TPSA) is 15.3 Å². The van der Waals surface area contributed by atoms with Crippen LogP contribution in [-0.2, 0) is 0 Å². The summed E-state index contributed by atoms with van der Waals surface area (Å²) in [7, 11) is 0. The van der Waals surface area contributed by atoms with E-state index in [1.807, 2.05) is 0 Å². The van der Waals surface area contributed by atoms with Crippen molar-refractivity contribution < 1.29 is 0 Å². The third-order valence-corrected chi connectivity index (χ3v) is 9.42. The first-order chi connectivity index (χ1) is 12.8. The van der Waals surface area contributed by atoms with Crippen LogP contribution in [0.3, 0.4) is 0 Å². The van der Waals surface area contributed by atoms with Crippen LogP contribution in [0, 0.1) is 17.3 Å². The number of rotatable bonds is 3. The van der Waals surface area contributed by atoms with E-state index in [1.165, 1.54) is 83.8 Å². The molecule has 0 amide bonds. The molecule has 0 aromatic carbocycles. The molecule has 4 aliphatic carbocycles. The van der Waals surface area contributed by atoms with Gasteiger partial charge in [0.05, 0.1) is 0 Å². The quantitative estimate of drug-likeness (QED) is 0.715. The maximum atomic E-state index is 4.18. The molecule has 2 saturated heterocycles. The normalized spacial score (nSPS) is 43.2. The first-order valence-electron chi connectivity index (χ1n) is 12.3. The van der Waals surface area contributed by atoms with E-state index in [1.54, 1.807) is 38.5 Å². The molecule has 0 aromatic heterocycles. The molecule has 2 heterocycles. The standard InChI is InChI=1S/C24H42N2/c1-2-13-24(14-3-1)15-4-6-22(25-24)11-17-26-16-5-12-23(19-26)18-20-7-9-21(23)10-8-20/h20-22,25H,1-19H2. The Hall–Kier alpha value is -0.0800. The highest BCUT2D eigenvalue weighted by Crippen LogP contribution is 2.56. The second kappa shape index (κ2) is 7.39. The summed E-state index contributed by atoms with van der Waals surface area (Å²) in [6.45, 7) is 4.20. The predicted octanol–water partition coefficient (Wildman–Crippen LogP) is 5.51. The minimum atomic E-state index is 0.548. The van der Waals surface area contributed by atoms with E-state index in [2.05, 4.69) is 10.2 Å². The van der Waals surface area contributed by atoms with Gasteiger partial charge in [-0.3, -0.25) is 0 Å². The molecule has 2 nitrogen and oxygen atoms in total. The molecule has 2 unspecified atom stereocenters. The molecule has 0 aromatic rings. The average Bonchev–Trinajstić information content (AvgIpc) is 2.68. The van der Waals surface area contributed by atoms with E-state index >= 15 is 0 Å². The summed E-state index contributed by atoms with van der Waals surface area (Å²) in [6.07, 6.45) is 24.0. The Morgan fingerprint density at radius 1 is 0.808 bits per heavy atom. The van der Waals surface area contributed by atoms with Gasteiger partial charge in [0.2, 0.25) is 0 Å². The van der Waals surface area contributed by atoms with Crippen molar-refractivity contribution in [3.05, 3.63) is 0 Å². The minimum absolute atomic E-state index is 0.548. The lowest BCUT2D eigenvalue weighted by molar-refractivity contribution is -0.0548. The SMILES string of the molecule is C1CCC2(CC1)CCCC(CCN1CCCC3(CC4CCC3CC4)C1)N2. The van der Waals surface area contributed by atoms with Crippen LogP contribution in [0.1, 0.15) is 103 Å². The van der Waals surface area contributed by atoms with Crippen LogP contribution in [0.15, 0.2) is 0 Å². The summed E-state index contributed by atoms with van der Waals surface area (Å²) in [6, 6.07) is 0.808. The fourth-order valence-corrected chi connectivity index (χ4v) is 8.11. The van der Waals surface area contributed by atoms with Crippen molar-refractivity contribution in [1.29, 1.82) is 0 Å². The summed E-state index contributed by atoms with van der Waals surface area (Å²) in [5.74, 6) is 2.17. The summed E-state index contributed by atoms with van der Waals surface area (Å²) in [5, 5.41) is 4.18. The number of hydrogen-bond acceptors (Lipinski definition) is 2. The number of hydrogen-bond donors (Lipinski definition) is 1. The van der Waals surface area contributed by atoms with E-state index < -0.39 is 0 Å². The van der Waals surface area contributed by atoms with Gasteiger partial charge < -0.3 is 10.2 Å². The van der Waals surface area contributed by atoms with Crippen molar-refractivity contribution in [3.63, 3.8) is 0 Å². The Balaban J connectivity index is 1.15. The second-order valence-corrected chi connectivity index (χ2v) is 11.0. The van der Waals surface area contributed by atoms with Gasteiger partial charge in [0.1, 0.15) is 0 Å². The Kier molecular flexibility index (Phi) is 5.11. The molecule has 1 N–H and O–H groups in total. The molecule has 2 atom stereocenters. The van der Waals surface area contributed by atoms with Crippen LogP contribution >= 0.6 is 0 Å². The largest absolute Gasteiger partial charge is 0.308 e. The number of piperidine rings is 2. The van der Waals surface area contributed by atoms with Crippen molar-refractivity contribution >= 4 is 0 Å². The van der Waals surface area contributed by atoms with Gasteiger partial charge in [-0.1, -0.05) is 38.5 Å². The summed E-state index contributed by atoms with van der Waals surface area (Å²) in [5.41, 5.74) is 1.29. The fourth-order valence-electron chi connectivity index (χ4n) is 8.11. The van der Waals surface area contributed by atoms with E-state index in [9.17, 15) is 0 Å². The van der Waals surface area contributed by atoms with E-state index in [-0.39, 0.29) is 0 Å². The number of nitrogens with one attached hydrogen (secondary N) is 1. The van der Waals surface area contributed by atoms with Gasteiger partial charge in [-0.05, 0) is 94.5 Å². The molecule has 6 fully saturated rings. The van der Waals surface area contributed by atoms with Gasteiger partial charge in [-0.25, -0.2) is 0 Å². The maximum Gasteiger partial charge on any atom is 0.0184 e. The fraction of sp³-hybridized carbons (Fsp3) is 1.00. The average molecular weight is 359 g/mol. The highest BCUT2D eigenvalue weighted by Gasteiger charge is 2.48. The van der Waals surface area contributed by atoms with Crippen molar-refractivity contribution in [2.75, 3.05) is 19.6 Å². The van der Waals surface area contributed by atoms with Crippen molar-refractivity contribution in [2.45, 2.75) is 114 Å². The first kappa shape index (κ1) is 18.0. The second-order valence-electron chi connectivity index (χ2n) is 11.0. The molecule has 2 aliphatic heterocycles. The first-order valence-corrected chi connectivity index (χ1v) is 12.3. The molecule has 6 aliphatic rings. The van der Waals surface area contributed by atoms with E-state index in [0.29, 0.717) is 5.54 Å². The van der Waals surface area contributed by atoms with Gasteiger partial charge in [0.15, 0.2) is 0 Å². The van der Waals surface area contributed by atoms with Crippen LogP contribution < -0.4 is 5.32 Å². The third-order valence-electron chi connectivity index (χ3n) is 9.42. The zero-order chi connectivity index (χ0) is 17.5.